The van der Waals surface area contributed by atoms with Gasteiger partial charge in [0.15, 0.2) is 12.0 Å². The van der Waals surface area contributed by atoms with Crippen LogP contribution in [0.1, 0.15) is 72.0 Å². The molecule has 43 heavy (non-hydrogen) atoms. The Labute approximate surface area is 250 Å². The van der Waals surface area contributed by atoms with Crippen LogP contribution < -0.4 is 37.1 Å². The van der Waals surface area contributed by atoms with Crippen LogP contribution in [0.3, 0.4) is 0 Å². The average molecular weight is 591 g/mol. The third-order valence-electron chi connectivity index (χ3n) is 9.17. The van der Waals surface area contributed by atoms with Crippen molar-refractivity contribution in [2.24, 2.45) is 16.5 Å². The number of carbonyl (C=O) groups excluding carboxylic acids is 2. The number of aromatic nitrogens is 1. The highest BCUT2D eigenvalue weighted by atomic mass is 16.5. The summed E-state index contributed by atoms with van der Waals surface area (Å²) < 4.78 is 5.95. The molecule has 5 atom stereocenters. The van der Waals surface area contributed by atoms with Crippen LogP contribution >= 0.6 is 0 Å². The zero-order valence-electron chi connectivity index (χ0n) is 24.8. The number of benzene rings is 1. The smallest absolute Gasteiger partial charge is 0.343 e. The van der Waals surface area contributed by atoms with Gasteiger partial charge in [-0.05, 0) is 35.4 Å². The molecule has 0 saturated carbocycles. The van der Waals surface area contributed by atoms with Crippen molar-refractivity contribution in [3.63, 3.8) is 0 Å². The van der Waals surface area contributed by atoms with Crippen molar-refractivity contribution < 1.29 is 24.4 Å². The van der Waals surface area contributed by atoms with E-state index >= 15 is 0 Å². The first kappa shape index (κ1) is 28.7. The summed E-state index contributed by atoms with van der Waals surface area (Å²) in [6.45, 7) is 9.20. The van der Waals surface area contributed by atoms with E-state index in [-0.39, 0.29) is 47.9 Å². The number of guanidine groups is 2. The number of rotatable bonds is 6. The molecule has 4 aliphatic heterocycles. The van der Waals surface area contributed by atoms with Gasteiger partial charge in [0.25, 0.3) is 11.8 Å². The van der Waals surface area contributed by atoms with Crippen molar-refractivity contribution in [2.45, 2.75) is 75.3 Å². The Bertz CT molecular complexity index is 1510. The topological polar surface area (TPSA) is 194 Å². The van der Waals surface area contributed by atoms with Gasteiger partial charge in [-0.25, -0.2) is 10.3 Å². The van der Waals surface area contributed by atoms with E-state index < -0.39 is 29.9 Å². The van der Waals surface area contributed by atoms with Gasteiger partial charge in [-0.15, -0.1) is 0 Å². The molecule has 1 saturated heterocycles. The summed E-state index contributed by atoms with van der Waals surface area (Å²) in [5.74, 6) is 0.566. The predicted octanol–water partition coefficient (Wildman–Crippen LogP) is -1.77. The number of carbonyl (C=O) groups is 2. The van der Waals surface area contributed by atoms with Crippen LogP contribution in [-0.4, -0.2) is 88.3 Å². The molecule has 0 aliphatic carbocycles. The van der Waals surface area contributed by atoms with Crippen LogP contribution in [0.4, 0.5) is 0 Å². The van der Waals surface area contributed by atoms with Gasteiger partial charge in [-0.2, -0.15) is 0 Å². The first-order valence-electron chi connectivity index (χ1n) is 14.7. The van der Waals surface area contributed by atoms with Crippen LogP contribution in [0, 0.1) is 0 Å². The van der Waals surface area contributed by atoms with E-state index in [1.54, 1.807) is 23.2 Å². The lowest BCUT2D eigenvalue weighted by atomic mass is 9.79. The van der Waals surface area contributed by atoms with Gasteiger partial charge in [-0.3, -0.25) is 25.3 Å². The first-order valence-corrected chi connectivity index (χ1v) is 14.7. The first-order chi connectivity index (χ1) is 20.4. The number of aliphatic imine (C=N–C) groups is 1. The molecular formula is C30H40N9O4+. The van der Waals surface area contributed by atoms with Crippen molar-refractivity contribution >= 4 is 23.7 Å². The summed E-state index contributed by atoms with van der Waals surface area (Å²) in [6, 6.07) is 7.28. The molecule has 4 aliphatic rings. The third-order valence-corrected chi connectivity index (χ3v) is 9.17. The minimum Gasteiger partial charge on any atom is -0.492 e. The molecule has 0 radical (unpaired) electrons. The lowest BCUT2D eigenvalue weighted by Crippen LogP contribution is -2.88. The number of fused-ring (bicyclic) bond motifs is 1. The molecule has 0 bridgehead atoms. The number of hydrogen-bond donors (Lipinski definition) is 7. The highest BCUT2D eigenvalue weighted by Gasteiger charge is 2.68. The second-order valence-electron chi connectivity index (χ2n) is 12.7. The molecule has 13 nitrogen and oxygen atoms in total. The number of aliphatic hydroxyl groups is 1. The van der Waals surface area contributed by atoms with Gasteiger partial charge in [0.05, 0.1) is 18.2 Å². The van der Waals surface area contributed by atoms with E-state index in [1.807, 2.05) is 18.2 Å². The Balaban J connectivity index is 1.20. The summed E-state index contributed by atoms with van der Waals surface area (Å²) in [5, 5.41) is 20.8. The number of pyridine rings is 1. The van der Waals surface area contributed by atoms with Crippen molar-refractivity contribution in [3.05, 3.63) is 58.9 Å². The fourth-order valence-corrected chi connectivity index (χ4v) is 6.65. The van der Waals surface area contributed by atoms with Crippen molar-refractivity contribution in [3.8, 4) is 5.75 Å². The van der Waals surface area contributed by atoms with Crippen molar-refractivity contribution in [2.75, 3.05) is 19.7 Å². The Morgan fingerprint density at radius 3 is 2.74 bits per heavy atom. The summed E-state index contributed by atoms with van der Waals surface area (Å²) in [7, 11) is 0. The fraction of sp³-hybridized carbons (Fsp3) is 0.500. The van der Waals surface area contributed by atoms with E-state index in [9.17, 15) is 14.7 Å². The van der Waals surface area contributed by atoms with E-state index in [1.165, 1.54) is 0 Å². The number of nitrogens with two attached hydrogens (primary N) is 2. The molecule has 1 spiro atoms. The average Bonchev–Trinajstić information content (AvgIpc) is 3.47. The Morgan fingerprint density at radius 2 is 2.02 bits per heavy atom. The molecule has 5 heterocycles. The minimum absolute atomic E-state index is 0.113. The van der Waals surface area contributed by atoms with Gasteiger partial charge in [-0.1, -0.05) is 45.9 Å². The fourth-order valence-electron chi connectivity index (χ4n) is 6.65. The third kappa shape index (κ3) is 4.71. The molecule has 2 amide bonds. The maximum absolute atomic E-state index is 13.6. The normalized spacial score (nSPS) is 28.5. The molecule has 9 N–H and O–H groups in total. The Morgan fingerprint density at radius 1 is 1.23 bits per heavy atom. The molecule has 6 rings (SSSR count). The monoisotopic (exact) mass is 590 g/mol. The summed E-state index contributed by atoms with van der Waals surface area (Å²) in [6.07, 6.45) is 1.41. The molecule has 1 fully saturated rings. The Hall–Kier alpha value is -4.39. The van der Waals surface area contributed by atoms with Gasteiger partial charge < -0.3 is 31.1 Å². The van der Waals surface area contributed by atoms with Crippen LogP contribution in [0.25, 0.3) is 0 Å². The summed E-state index contributed by atoms with van der Waals surface area (Å²) in [4.78, 5) is 40.4. The number of ether oxygens (including phenoxy) is 1. The minimum atomic E-state index is -1.20. The molecule has 1 unspecified atom stereocenters. The summed E-state index contributed by atoms with van der Waals surface area (Å²) in [5.41, 5.74) is 14.0. The van der Waals surface area contributed by atoms with Gasteiger partial charge >= 0.3 is 5.96 Å². The van der Waals surface area contributed by atoms with Crippen LogP contribution in [0.2, 0.25) is 0 Å². The van der Waals surface area contributed by atoms with E-state index in [4.69, 9.17) is 16.2 Å². The number of amides is 2. The van der Waals surface area contributed by atoms with Crippen LogP contribution in [0.15, 0.2) is 41.5 Å². The van der Waals surface area contributed by atoms with Crippen LogP contribution in [-0.2, 0) is 5.41 Å². The number of nitrogens with one attached hydrogen (secondary N) is 4. The lowest BCUT2D eigenvalue weighted by Gasteiger charge is -2.43. The standard InChI is InChI=1S/C30H39N9O4/c1-15(2)16-8-9-19(33-12-16)26(42)34-13-20-23-30(38-27(31)37-23)24(40)21(14-39(30)28(32)36-20)35-25(41)17-6-5-7-18-22(17)43-11-10-29(18,3)4/h5-9,12,15,20-21,23-24,40H,10-11,13-14H2,1-4H3,(H2,32,36)(H,34,42)(H,35,41)(H3,31,37,38)/p+1/t20-,21?,23-,24+,30-/m0/s1. The molecule has 228 valence electrons. The second kappa shape index (κ2) is 10.4. The van der Waals surface area contributed by atoms with Crippen molar-refractivity contribution in [1.82, 2.24) is 25.8 Å². The van der Waals surface area contributed by atoms with E-state index in [0.29, 0.717) is 23.8 Å². The zero-order valence-corrected chi connectivity index (χ0v) is 24.8. The Kier molecular flexibility index (Phi) is 6.95. The number of hydrogen-bond acceptors (Lipinski definition) is 10. The molecular weight excluding hydrogens is 550 g/mol. The highest BCUT2D eigenvalue weighted by Crippen LogP contribution is 2.41. The number of nitrogens with zero attached hydrogens (tertiary/aromatic N) is 3. The number of para-hydroxylation sites is 1. The summed E-state index contributed by atoms with van der Waals surface area (Å²) >= 11 is 0. The molecule has 13 heteroatoms. The second-order valence-corrected chi connectivity index (χ2v) is 12.7. The largest absolute Gasteiger partial charge is 0.492 e. The highest BCUT2D eigenvalue weighted by molar-refractivity contribution is 5.98. The van der Waals surface area contributed by atoms with Gasteiger partial charge in [0.1, 0.15) is 23.6 Å². The van der Waals surface area contributed by atoms with E-state index in [2.05, 4.69) is 58.6 Å². The zero-order chi connectivity index (χ0) is 30.7. The lowest BCUT2D eigenvalue weighted by molar-refractivity contribution is -0.513. The predicted molar refractivity (Wildman–Crippen MR) is 159 cm³/mol. The molecule has 1 aromatic carbocycles. The SMILES string of the molecule is CC(C)c1ccc(C(=O)NC[C@@H]2N=C(N)N3CC(NC(=O)c4cccc5c4OCCC5(C)C)[C@@H](O)[C@@]34NC(N)=[NH+][C@@H]24)nc1. The van der Waals surface area contributed by atoms with Gasteiger partial charge in [0, 0.05) is 24.8 Å². The maximum Gasteiger partial charge on any atom is 0.343 e. The van der Waals surface area contributed by atoms with E-state index in [0.717, 1.165) is 17.5 Å². The van der Waals surface area contributed by atoms with Crippen LogP contribution in [0.5, 0.6) is 5.75 Å². The maximum atomic E-state index is 13.6. The number of aliphatic hydroxyl groups excluding tert-OH is 1. The molecule has 2 aromatic rings. The quantitative estimate of drug-likeness (QED) is 0.204. The van der Waals surface area contributed by atoms with Crippen molar-refractivity contribution in [1.29, 1.82) is 0 Å². The molecule has 1 aromatic heterocycles. The van der Waals surface area contributed by atoms with Gasteiger partial charge in [0.2, 0.25) is 5.66 Å².